The second kappa shape index (κ2) is 4.57. The van der Waals surface area contributed by atoms with Crippen LogP contribution in [-0.4, -0.2) is 12.6 Å². The average Bonchev–Trinajstić information content (AvgIpc) is 2.17. The molecule has 1 aromatic carbocycles. The van der Waals surface area contributed by atoms with Crippen LogP contribution in [-0.2, 0) is 4.74 Å². The maximum absolute atomic E-state index is 13.2. The van der Waals surface area contributed by atoms with Crippen LogP contribution in [0.3, 0.4) is 0 Å². The van der Waals surface area contributed by atoms with E-state index in [1.165, 1.54) is 18.2 Å². The number of carbonyl (C=O) groups excluding carboxylic acids is 1. The number of rotatable bonds is 3. The number of nitrogens with one attached hydrogen (secondary N) is 1. The minimum Gasteiger partial charge on any atom is -0.462 e. The number of hydrogen-bond donors (Lipinski definition) is 2. The molecule has 0 atom stereocenters. The quantitative estimate of drug-likeness (QED) is 0.436. The number of esters is 1. The van der Waals surface area contributed by atoms with Crippen LogP contribution in [0.15, 0.2) is 18.2 Å². The van der Waals surface area contributed by atoms with Crippen LogP contribution in [0.2, 0.25) is 0 Å². The summed E-state index contributed by atoms with van der Waals surface area (Å²) >= 11 is 0. The van der Waals surface area contributed by atoms with Gasteiger partial charge < -0.3 is 10.2 Å². The molecule has 1 rings (SSSR count). The highest BCUT2D eigenvalue weighted by molar-refractivity contribution is 5.95. The summed E-state index contributed by atoms with van der Waals surface area (Å²) in [5.41, 5.74) is 2.28. The molecule has 0 aliphatic carbocycles. The van der Waals surface area contributed by atoms with Gasteiger partial charge in [0.1, 0.15) is 11.4 Å². The highest BCUT2D eigenvalue weighted by Crippen LogP contribution is 2.18. The minimum atomic E-state index is -0.724. The van der Waals surface area contributed by atoms with Crippen LogP contribution in [0, 0.1) is 5.82 Å². The van der Waals surface area contributed by atoms with Gasteiger partial charge in [-0.05, 0) is 19.1 Å². The Labute approximate surface area is 80.8 Å². The van der Waals surface area contributed by atoms with Gasteiger partial charge in [0.15, 0.2) is 0 Å². The molecule has 0 aliphatic rings. The van der Waals surface area contributed by atoms with Gasteiger partial charge in [0.2, 0.25) is 0 Å². The van der Waals surface area contributed by atoms with Gasteiger partial charge in [-0.2, -0.15) is 0 Å². The van der Waals surface area contributed by atoms with Gasteiger partial charge >= 0.3 is 5.97 Å². The molecule has 1 aromatic rings. The number of hydrogen-bond acceptors (Lipinski definition) is 4. The van der Waals surface area contributed by atoms with Crippen LogP contribution in [0.5, 0.6) is 0 Å². The third-order valence-electron chi connectivity index (χ3n) is 1.65. The molecule has 0 unspecified atom stereocenters. The van der Waals surface area contributed by atoms with E-state index in [9.17, 15) is 9.18 Å². The molecule has 5 heteroatoms. The van der Waals surface area contributed by atoms with Gasteiger partial charge in [-0.15, -0.1) is 0 Å². The molecular formula is C9H11FN2O2. The number of hydrazine groups is 1. The Hall–Kier alpha value is -1.62. The Bertz CT molecular complexity index is 342. The second-order valence-corrected chi connectivity index (χ2v) is 2.53. The topological polar surface area (TPSA) is 64.3 Å². The maximum atomic E-state index is 13.2. The van der Waals surface area contributed by atoms with E-state index in [1.807, 2.05) is 0 Å². The fourth-order valence-corrected chi connectivity index (χ4v) is 1.06. The zero-order valence-electron chi connectivity index (χ0n) is 7.71. The highest BCUT2D eigenvalue weighted by atomic mass is 19.1. The van der Waals surface area contributed by atoms with Crippen LogP contribution < -0.4 is 11.3 Å². The van der Waals surface area contributed by atoms with Crippen molar-refractivity contribution >= 4 is 11.7 Å². The lowest BCUT2D eigenvalue weighted by Crippen LogP contribution is -2.15. The van der Waals surface area contributed by atoms with E-state index >= 15 is 0 Å². The molecule has 0 spiro atoms. The van der Waals surface area contributed by atoms with Crippen LogP contribution in [0.25, 0.3) is 0 Å². The number of benzene rings is 1. The first-order valence-corrected chi connectivity index (χ1v) is 4.13. The molecule has 3 N–H and O–H groups in total. The largest absolute Gasteiger partial charge is 0.462 e. The van der Waals surface area contributed by atoms with E-state index in [0.717, 1.165) is 0 Å². The van der Waals surface area contributed by atoms with Crippen molar-refractivity contribution in [3.05, 3.63) is 29.6 Å². The summed E-state index contributed by atoms with van der Waals surface area (Å²) < 4.78 is 17.9. The summed E-state index contributed by atoms with van der Waals surface area (Å²) in [6.07, 6.45) is 0. The fraction of sp³-hybridized carbons (Fsp3) is 0.222. The first kappa shape index (κ1) is 10.5. The molecule has 0 aromatic heterocycles. The van der Waals surface area contributed by atoms with E-state index in [4.69, 9.17) is 5.84 Å². The predicted octanol–water partition coefficient (Wildman–Crippen LogP) is 1.29. The van der Waals surface area contributed by atoms with Gasteiger partial charge in [0.05, 0.1) is 12.3 Å². The monoisotopic (exact) mass is 198 g/mol. The Morgan fingerprint density at radius 1 is 1.64 bits per heavy atom. The molecular weight excluding hydrogens is 187 g/mol. The van der Waals surface area contributed by atoms with Crippen LogP contribution >= 0.6 is 0 Å². The van der Waals surface area contributed by atoms with Crippen molar-refractivity contribution in [3.63, 3.8) is 0 Å². The van der Waals surface area contributed by atoms with E-state index in [0.29, 0.717) is 0 Å². The molecule has 0 bridgehead atoms. The number of halogens is 1. The van der Waals surface area contributed by atoms with E-state index < -0.39 is 11.8 Å². The summed E-state index contributed by atoms with van der Waals surface area (Å²) in [7, 11) is 0. The summed E-state index contributed by atoms with van der Waals surface area (Å²) in [6.45, 7) is 1.84. The maximum Gasteiger partial charge on any atom is 0.343 e. The normalized spacial score (nSPS) is 9.64. The number of nitrogen functional groups attached to an aromatic ring is 1. The van der Waals surface area contributed by atoms with Gasteiger partial charge in [-0.25, -0.2) is 9.18 Å². The molecule has 0 saturated heterocycles. The summed E-state index contributed by atoms with van der Waals surface area (Å²) in [4.78, 5) is 11.3. The van der Waals surface area contributed by atoms with E-state index in [2.05, 4.69) is 10.2 Å². The zero-order chi connectivity index (χ0) is 10.6. The lowest BCUT2D eigenvalue weighted by Gasteiger charge is -2.08. The fourth-order valence-electron chi connectivity index (χ4n) is 1.06. The van der Waals surface area contributed by atoms with Crippen molar-refractivity contribution in [2.24, 2.45) is 5.84 Å². The SMILES string of the molecule is CCOC(=O)c1c(F)cccc1NN. The summed E-state index contributed by atoms with van der Waals surface area (Å²) in [6, 6.07) is 4.12. The van der Waals surface area contributed by atoms with Crippen LogP contribution in [0.1, 0.15) is 17.3 Å². The predicted molar refractivity (Wildman–Crippen MR) is 50.2 cm³/mol. The second-order valence-electron chi connectivity index (χ2n) is 2.53. The van der Waals surface area contributed by atoms with Crippen molar-refractivity contribution < 1.29 is 13.9 Å². The highest BCUT2D eigenvalue weighted by Gasteiger charge is 2.16. The van der Waals surface area contributed by atoms with Crippen molar-refractivity contribution in [1.29, 1.82) is 0 Å². The van der Waals surface area contributed by atoms with Gasteiger partial charge in [0, 0.05) is 0 Å². The molecule has 0 aliphatic heterocycles. The Kier molecular flexibility index (Phi) is 3.41. The minimum absolute atomic E-state index is 0.170. The van der Waals surface area contributed by atoms with Crippen molar-refractivity contribution in [2.75, 3.05) is 12.0 Å². The van der Waals surface area contributed by atoms with Crippen molar-refractivity contribution in [2.45, 2.75) is 6.92 Å². The van der Waals surface area contributed by atoms with Gasteiger partial charge in [-0.3, -0.25) is 5.84 Å². The van der Waals surface area contributed by atoms with Crippen molar-refractivity contribution in [3.8, 4) is 0 Å². The van der Waals surface area contributed by atoms with Crippen molar-refractivity contribution in [1.82, 2.24) is 0 Å². The third kappa shape index (κ3) is 2.00. The van der Waals surface area contributed by atoms with E-state index in [-0.39, 0.29) is 17.9 Å². The number of ether oxygens (including phenoxy) is 1. The summed E-state index contributed by atoms with van der Waals surface area (Å²) in [5.74, 6) is 3.75. The molecule has 0 saturated carbocycles. The molecule has 4 nitrogen and oxygen atoms in total. The lowest BCUT2D eigenvalue weighted by atomic mass is 10.1. The average molecular weight is 198 g/mol. The lowest BCUT2D eigenvalue weighted by molar-refractivity contribution is 0.0522. The summed E-state index contributed by atoms with van der Waals surface area (Å²) in [5, 5.41) is 0. The molecule has 14 heavy (non-hydrogen) atoms. The Morgan fingerprint density at radius 2 is 2.36 bits per heavy atom. The Balaban J connectivity index is 3.10. The number of anilines is 1. The number of nitrogens with two attached hydrogens (primary N) is 1. The third-order valence-corrected chi connectivity index (χ3v) is 1.65. The van der Waals surface area contributed by atoms with Gasteiger partial charge in [-0.1, -0.05) is 6.07 Å². The number of carbonyl (C=O) groups is 1. The van der Waals surface area contributed by atoms with E-state index in [1.54, 1.807) is 6.92 Å². The molecule has 0 fully saturated rings. The zero-order valence-corrected chi connectivity index (χ0v) is 7.71. The van der Waals surface area contributed by atoms with Crippen LogP contribution in [0.4, 0.5) is 10.1 Å². The first-order chi connectivity index (χ1) is 6.70. The van der Waals surface area contributed by atoms with Gasteiger partial charge in [0.25, 0.3) is 0 Å². The molecule has 76 valence electrons. The molecule has 0 amide bonds. The smallest absolute Gasteiger partial charge is 0.343 e. The molecule has 0 radical (unpaired) electrons. The molecule has 0 heterocycles. The Morgan fingerprint density at radius 3 is 2.93 bits per heavy atom. The standard InChI is InChI=1S/C9H11FN2O2/c1-2-14-9(13)8-6(10)4-3-5-7(8)12-11/h3-5,12H,2,11H2,1H3. The first-order valence-electron chi connectivity index (χ1n) is 4.13.